The third kappa shape index (κ3) is 2.95. The van der Waals surface area contributed by atoms with Gasteiger partial charge >= 0.3 is 5.97 Å². The second-order valence-corrected chi connectivity index (χ2v) is 8.45. The predicted octanol–water partition coefficient (Wildman–Crippen LogP) is 1.53. The molecule has 2 saturated carbocycles. The van der Waals surface area contributed by atoms with Crippen LogP contribution in [0, 0.1) is 11.8 Å². The summed E-state index contributed by atoms with van der Waals surface area (Å²) in [6.07, 6.45) is 6.90. The SMILES string of the molecule is CC1(C)CN(Cc2cn(CC(=O)O)nn2)C[C@]2(C[C@@H]3CC[C@H]2C3)O1. The Hall–Kier alpha value is -1.47. The lowest BCUT2D eigenvalue weighted by molar-refractivity contribution is -0.218. The molecule has 7 heteroatoms. The molecule has 24 heavy (non-hydrogen) atoms. The minimum absolute atomic E-state index is 0.00171. The number of aromatic nitrogens is 3. The van der Waals surface area contributed by atoms with Gasteiger partial charge in [-0.3, -0.25) is 9.69 Å². The average molecular weight is 334 g/mol. The van der Waals surface area contributed by atoms with Crippen LogP contribution in [0.2, 0.25) is 0 Å². The first-order chi connectivity index (χ1) is 11.3. The van der Waals surface area contributed by atoms with E-state index in [1.54, 1.807) is 6.20 Å². The Balaban J connectivity index is 1.48. The van der Waals surface area contributed by atoms with Crippen LogP contribution in [0.1, 0.15) is 45.2 Å². The summed E-state index contributed by atoms with van der Waals surface area (Å²) in [7, 11) is 0. The lowest BCUT2D eigenvalue weighted by Crippen LogP contribution is -2.61. The molecule has 7 nitrogen and oxygen atoms in total. The van der Waals surface area contributed by atoms with E-state index in [2.05, 4.69) is 29.1 Å². The molecule has 1 N–H and O–H groups in total. The van der Waals surface area contributed by atoms with Crippen molar-refractivity contribution in [2.45, 2.75) is 63.8 Å². The van der Waals surface area contributed by atoms with Crippen LogP contribution in [-0.2, 0) is 22.6 Å². The molecule has 2 aliphatic carbocycles. The van der Waals surface area contributed by atoms with Gasteiger partial charge in [0.25, 0.3) is 0 Å². The van der Waals surface area contributed by atoms with E-state index in [4.69, 9.17) is 9.84 Å². The zero-order valence-corrected chi connectivity index (χ0v) is 14.4. The van der Waals surface area contributed by atoms with Gasteiger partial charge in [0.1, 0.15) is 6.54 Å². The number of fused-ring (bicyclic) bond motifs is 3. The van der Waals surface area contributed by atoms with Crippen molar-refractivity contribution in [1.29, 1.82) is 0 Å². The number of hydrogen-bond acceptors (Lipinski definition) is 5. The zero-order chi connectivity index (χ0) is 16.9. The van der Waals surface area contributed by atoms with E-state index in [0.717, 1.165) is 24.7 Å². The Labute approximate surface area is 142 Å². The van der Waals surface area contributed by atoms with Gasteiger partial charge in [-0.05, 0) is 51.4 Å². The third-order valence-electron chi connectivity index (χ3n) is 5.76. The molecule has 4 rings (SSSR count). The van der Waals surface area contributed by atoms with Crippen LogP contribution in [0.15, 0.2) is 6.20 Å². The van der Waals surface area contributed by atoms with Crippen molar-refractivity contribution in [2.24, 2.45) is 11.8 Å². The maximum Gasteiger partial charge on any atom is 0.325 e. The number of ether oxygens (including phenoxy) is 1. The second kappa shape index (κ2) is 5.52. The highest BCUT2D eigenvalue weighted by molar-refractivity contribution is 5.66. The maximum atomic E-state index is 10.8. The lowest BCUT2D eigenvalue weighted by atomic mass is 9.81. The Morgan fingerprint density at radius 3 is 2.92 bits per heavy atom. The van der Waals surface area contributed by atoms with E-state index >= 15 is 0 Å². The van der Waals surface area contributed by atoms with Gasteiger partial charge in [0.05, 0.1) is 23.1 Å². The summed E-state index contributed by atoms with van der Waals surface area (Å²) in [5.74, 6) is 0.620. The molecular formula is C17H26N4O3. The van der Waals surface area contributed by atoms with E-state index in [1.165, 1.54) is 30.4 Å². The molecule has 2 bridgehead atoms. The fourth-order valence-corrected chi connectivity index (χ4v) is 5.27. The number of hydrogen-bond donors (Lipinski definition) is 1. The van der Waals surface area contributed by atoms with Gasteiger partial charge in [-0.1, -0.05) is 5.21 Å². The van der Waals surface area contributed by atoms with E-state index in [9.17, 15) is 4.79 Å². The van der Waals surface area contributed by atoms with Crippen molar-refractivity contribution in [3.05, 3.63) is 11.9 Å². The number of rotatable bonds is 4. The number of nitrogens with zero attached hydrogens (tertiary/aromatic N) is 4. The largest absolute Gasteiger partial charge is 0.480 e. The number of aliphatic carboxylic acids is 1. The normalized spacial score (nSPS) is 34.9. The van der Waals surface area contributed by atoms with Crippen LogP contribution >= 0.6 is 0 Å². The first kappa shape index (κ1) is 16.0. The van der Waals surface area contributed by atoms with Gasteiger partial charge in [0.2, 0.25) is 0 Å². The summed E-state index contributed by atoms with van der Waals surface area (Å²) in [5, 5.41) is 16.9. The van der Waals surface area contributed by atoms with Crippen LogP contribution in [-0.4, -0.2) is 55.3 Å². The molecule has 3 fully saturated rings. The van der Waals surface area contributed by atoms with Crippen LogP contribution in [0.4, 0.5) is 0 Å². The molecule has 1 aliphatic heterocycles. The summed E-state index contributed by atoms with van der Waals surface area (Å²) in [5.41, 5.74) is 0.661. The minimum atomic E-state index is -0.903. The van der Waals surface area contributed by atoms with E-state index in [1.807, 2.05) is 0 Å². The molecule has 0 amide bonds. The molecule has 3 aliphatic rings. The molecule has 132 valence electrons. The molecule has 1 aromatic rings. The van der Waals surface area contributed by atoms with Crippen molar-refractivity contribution >= 4 is 5.97 Å². The average Bonchev–Trinajstić information content (AvgIpc) is 3.12. The molecular weight excluding hydrogens is 308 g/mol. The smallest absolute Gasteiger partial charge is 0.325 e. The van der Waals surface area contributed by atoms with E-state index in [0.29, 0.717) is 12.5 Å². The highest BCUT2D eigenvalue weighted by Crippen LogP contribution is 2.55. The molecule has 0 aromatic carbocycles. The molecule has 0 unspecified atom stereocenters. The van der Waals surface area contributed by atoms with Gasteiger partial charge in [0.15, 0.2) is 0 Å². The zero-order valence-electron chi connectivity index (χ0n) is 14.4. The van der Waals surface area contributed by atoms with E-state index < -0.39 is 5.97 Å². The third-order valence-corrected chi connectivity index (χ3v) is 5.76. The fourth-order valence-electron chi connectivity index (χ4n) is 5.27. The van der Waals surface area contributed by atoms with Crippen LogP contribution in [0.25, 0.3) is 0 Å². The molecule has 1 saturated heterocycles. The highest BCUT2D eigenvalue weighted by atomic mass is 16.5. The quantitative estimate of drug-likeness (QED) is 0.899. The maximum absolute atomic E-state index is 10.8. The van der Waals surface area contributed by atoms with Crippen LogP contribution in [0.5, 0.6) is 0 Å². The molecule has 2 heterocycles. The number of morpholine rings is 1. The fraction of sp³-hybridized carbons (Fsp3) is 0.824. The standard InChI is InChI=1S/C17H26N4O3/c1-16(2)10-20(7-14-8-21(19-18-14)9-15(22)23)11-17(24-16)6-12-3-4-13(17)5-12/h8,12-13H,3-7,9-11H2,1-2H3,(H,22,23)/t12-,13+,17+/m1/s1. The Morgan fingerprint density at radius 1 is 1.42 bits per heavy atom. The Kier molecular flexibility index (Phi) is 3.69. The Bertz CT molecular complexity index is 644. The van der Waals surface area contributed by atoms with Gasteiger partial charge in [0, 0.05) is 19.6 Å². The lowest BCUT2D eigenvalue weighted by Gasteiger charge is -2.52. The van der Waals surface area contributed by atoms with Crippen molar-refractivity contribution in [2.75, 3.05) is 13.1 Å². The highest BCUT2D eigenvalue weighted by Gasteiger charge is 2.56. The van der Waals surface area contributed by atoms with Crippen LogP contribution < -0.4 is 0 Å². The summed E-state index contributed by atoms with van der Waals surface area (Å²) < 4.78 is 8.01. The summed E-state index contributed by atoms with van der Waals surface area (Å²) in [6, 6.07) is 0. The number of carboxylic acids is 1. The topological polar surface area (TPSA) is 80.5 Å². The van der Waals surface area contributed by atoms with Crippen molar-refractivity contribution in [3.8, 4) is 0 Å². The molecule has 1 spiro atoms. The summed E-state index contributed by atoms with van der Waals surface area (Å²) in [4.78, 5) is 13.2. The molecule has 1 aromatic heterocycles. The summed E-state index contributed by atoms with van der Waals surface area (Å²) in [6.45, 7) is 6.71. The van der Waals surface area contributed by atoms with Crippen molar-refractivity contribution in [3.63, 3.8) is 0 Å². The second-order valence-electron chi connectivity index (χ2n) is 8.45. The van der Waals surface area contributed by atoms with Gasteiger partial charge in [-0.25, -0.2) is 4.68 Å². The van der Waals surface area contributed by atoms with Gasteiger partial charge < -0.3 is 9.84 Å². The molecule has 3 atom stereocenters. The van der Waals surface area contributed by atoms with E-state index in [-0.39, 0.29) is 17.7 Å². The predicted molar refractivity (Wildman–Crippen MR) is 86.3 cm³/mol. The molecule has 0 radical (unpaired) electrons. The minimum Gasteiger partial charge on any atom is -0.480 e. The van der Waals surface area contributed by atoms with Crippen molar-refractivity contribution < 1.29 is 14.6 Å². The van der Waals surface area contributed by atoms with Gasteiger partial charge in [-0.2, -0.15) is 0 Å². The first-order valence-corrected chi connectivity index (χ1v) is 8.87. The monoisotopic (exact) mass is 334 g/mol. The van der Waals surface area contributed by atoms with Crippen molar-refractivity contribution in [1.82, 2.24) is 19.9 Å². The number of carboxylic acid groups (broad SMARTS) is 1. The van der Waals surface area contributed by atoms with Gasteiger partial charge in [-0.15, -0.1) is 5.10 Å². The van der Waals surface area contributed by atoms with Crippen LogP contribution in [0.3, 0.4) is 0 Å². The Morgan fingerprint density at radius 2 is 2.25 bits per heavy atom. The number of carbonyl (C=O) groups is 1. The first-order valence-electron chi connectivity index (χ1n) is 8.87. The summed E-state index contributed by atoms with van der Waals surface area (Å²) >= 11 is 0.